The van der Waals surface area contributed by atoms with E-state index in [1.807, 2.05) is 4.68 Å². The average Bonchev–Trinajstić information content (AvgIpc) is 2.89. The van der Waals surface area contributed by atoms with Gasteiger partial charge < -0.3 is 5.11 Å². The second-order valence-corrected chi connectivity index (χ2v) is 3.82. The first-order valence-corrected chi connectivity index (χ1v) is 4.88. The van der Waals surface area contributed by atoms with E-state index in [0.29, 0.717) is 12.5 Å². The van der Waals surface area contributed by atoms with Crippen molar-refractivity contribution < 1.29 is 5.11 Å². The molecule has 72 valence electrons. The van der Waals surface area contributed by atoms with E-state index < -0.39 is 0 Å². The van der Waals surface area contributed by atoms with Gasteiger partial charge in [-0.3, -0.25) is 4.68 Å². The third kappa shape index (κ3) is 1.48. The summed E-state index contributed by atoms with van der Waals surface area (Å²) in [5, 5.41) is 13.4. The van der Waals surface area contributed by atoms with Crippen molar-refractivity contribution in [2.75, 3.05) is 6.61 Å². The number of aromatic nitrogens is 2. The van der Waals surface area contributed by atoms with Gasteiger partial charge in [0.2, 0.25) is 0 Å². The summed E-state index contributed by atoms with van der Waals surface area (Å²) < 4.78 is 1.92. The normalized spacial score (nSPS) is 16.5. The van der Waals surface area contributed by atoms with Crippen molar-refractivity contribution in [3.05, 3.63) is 17.0 Å². The quantitative estimate of drug-likeness (QED) is 0.763. The number of aliphatic hydroxyl groups is 1. The van der Waals surface area contributed by atoms with Gasteiger partial charge >= 0.3 is 0 Å². The molecule has 1 aromatic heterocycles. The van der Waals surface area contributed by atoms with Gasteiger partial charge in [-0.15, -0.1) is 0 Å². The van der Waals surface area contributed by atoms with E-state index in [0.717, 1.165) is 0 Å². The molecule has 1 fully saturated rings. The minimum Gasteiger partial charge on any atom is -0.394 e. The maximum atomic E-state index is 8.84. The van der Waals surface area contributed by atoms with E-state index >= 15 is 0 Å². The lowest BCUT2D eigenvalue weighted by Crippen LogP contribution is -2.05. The lowest BCUT2D eigenvalue weighted by molar-refractivity contribution is 0.267. The number of hydrogen-bond acceptors (Lipinski definition) is 2. The molecule has 1 aliphatic rings. The Morgan fingerprint density at radius 2 is 2.15 bits per heavy atom. The Kier molecular flexibility index (Phi) is 2.12. The second kappa shape index (κ2) is 3.14. The molecule has 0 aromatic carbocycles. The van der Waals surface area contributed by atoms with Crippen LogP contribution in [0.1, 0.15) is 35.7 Å². The number of nitrogens with zero attached hydrogens (tertiary/aromatic N) is 2. The molecule has 1 saturated carbocycles. The first kappa shape index (κ1) is 8.75. The summed E-state index contributed by atoms with van der Waals surface area (Å²) in [6.07, 6.45) is 2.58. The van der Waals surface area contributed by atoms with Crippen molar-refractivity contribution >= 4 is 0 Å². The highest BCUT2D eigenvalue weighted by molar-refractivity contribution is 5.29. The zero-order chi connectivity index (χ0) is 9.42. The van der Waals surface area contributed by atoms with Crippen LogP contribution in [0, 0.1) is 13.8 Å². The zero-order valence-electron chi connectivity index (χ0n) is 8.25. The molecule has 1 aromatic rings. The van der Waals surface area contributed by atoms with Crippen LogP contribution < -0.4 is 0 Å². The molecular formula is C10H16N2O. The number of rotatable bonds is 3. The molecular weight excluding hydrogens is 164 g/mol. The standard InChI is InChI=1S/C10H16N2O/c1-7-8(2)12(5-6-13)11-10(7)9-3-4-9/h9,13H,3-6H2,1-2H3. The van der Waals surface area contributed by atoms with Crippen LogP contribution in [0.25, 0.3) is 0 Å². The SMILES string of the molecule is Cc1c(C2CC2)nn(CCO)c1C. The predicted octanol–water partition coefficient (Wildman–Crippen LogP) is 1.37. The van der Waals surface area contributed by atoms with Gasteiger partial charge in [-0.1, -0.05) is 0 Å². The second-order valence-electron chi connectivity index (χ2n) is 3.82. The van der Waals surface area contributed by atoms with Gasteiger partial charge in [0.25, 0.3) is 0 Å². The van der Waals surface area contributed by atoms with Crippen LogP contribution in [0.3, 0.4) is 0 Å². The molecule has 1 heterocycles. The van der Waals surface area contributed by atoms with Crippen molar-refractivity contribution in [1.82, 2.24) is 9.78 Å². The van der Waals surface area contributed by atoms with Crippen molar-refractivity contribution in [3.63, 3.8) is 0 Å². The molecule has 0 saturated heterocycles. The Bertz CT molecular complexity index is 313. The fourth-order valence-corrected chi connectivity index (χ4v) is 1.72. The molecule has 0 unspecified atom stereocenters. The van der Waals surface area contributed by atoms with Crippen LogP contribution in [0.2, 0.25) is 0 Å². The smallest absolute Gasteiger partial charge is 0.0687 e. The van der Waals surface area contributed by atoms with Crippen molar-refractivity contribution in [3.8, 4) is 0 Å². The van der Waals surface area contributed by atoms with Crippen molar-refractivity contribution in [2.45, 2.75) is 39.2 Å². The molecule has 0 atom stereocenters. The van der Waals surface area contributed by atoms with Gasteiger partial charge in [0.1, 0.15) is 0 Å². The monoisotopic (exact) mass is 180 g/mol. The van der Waals surface area contributed by atoms with Crippen molar-refractivity contribution in [1.29, 1.82) is 0 Å². The Hall–Kier alpha value is -0.830. The Labute approximate surface area is 78.4 Å². The molecule has 2 rings (SSSR count). The van der Waals surface area contributed by atoms with E-state index in [1.165, 1.54) is 29.8 Å². The van der Waals surface area contributed by atoms with E-state index in [2.05, 4.69) is 18.9 Å². The summed E-state index contributed by atoms with van der Waals surface area (Å²) in [7, 11) is 0. The minimum absolute atomic E-state index is 0.173. The first-order valence-electron chi connectivity index (χ1n) is 4.88. The van der Waals surface area contributed by atoms with Gasteiger partial charge in [0.05, 0.1) is 18.8 Å². The molecule has 3 heteroatoms. The van der Waals surface area contributed by atoms with Gasteiger partial charge in [0.15, 0.2) is 0 Å². The fourth-order valence-electron chi connectivity index (χ4n) is 1.72. The van der Waals surface area contributed by atoms with E-state index in [9.17, 15) is 0 Å². The molecule has 3 nitrogen and oxygen atoms in total. The summed E-state index contributed by atoms with van der Waals surface area (Å²) in [4.78, 5) is 0. The third-order valence-electron chi connectivity index (χ3n) is 2.82. The highest BCUT2D eigenvalue weighted by Gasteiger charge is 2.29. The van der Waals surface area contributed by atoms with Crippen LogP contribution in [0.4, 0.5) is 0 Å². The summed E-state index contributed by atoms with van der Waals surface area (Å²) >= 11 is 0. The largest absolute Gasteiger partial charge is 0.394 e. The van der Waals surface area contributed by atoms with E-state index in [1.54, 1.807) is 0 Å². The molecule has 0 amide bonds. The minimum atomic E-state index is 0.173. The molecule has 0 bridgehead atoms. The topological polar surface area (TPSA) is 38.0 Å². The van der Waals surface area contributed by atoms with Gasteiger partial charge in [-0.25, -0.2) is 0 Å². The Morgan fingerprint density at radius 1 is 1.46 bits per heavy atom. The van der Waals surface area contributed by atoms with Crippen LogP contribution in [-0.2, 0) is 6.54 Å². The highest BCUT2D eigenvalue weighted by Crippen LogP contribution is 2.41. The first-order chi connectivity index (χ1) is 6.24. The Morgan fingerprint density at radius 3 is 2.69 bits per heavy atom. The average molecular weight is 180 g/mol. The van der Waals surface area contributed by atoms with Crippen LogP contribution in [-0.4, -0.2) is 21.5 Å². The number of aliphatic hydroxyl groups excluding tert-OH is 1. The maximum absolute atomic E-state index is 8.84. The summed E-state index contributed by atoms with van der Waals surface area (Å²) in [5.41, 5.74) is 3.78. The summed E-state index contributed by atoms with van der Waals surface area (Å²) in [6, 6.07) is 0. The van der Waals surface area contributed by atoms with E-state index in [-0.39, 0.29) is 6.61 Å². The third-order valence-corrected chi connectivity index (χ3v) is 2.82. The predicted molar refractivity (Wildman–Crippen MR) is 50.8 cm³/mol. The van der Waals surface area contributed by atoms with Crippen LogP contribution >= 0.6 is 0 Å². The van der Waals surface area contributed by atoms with Crippen LogP contribution in [0.5, 0.6) is 0 Å². The van der Waals surface area contributed by atoms with E-state index in [4.69, 9.17) is 5.11 Å². The van der Waals surface area contributed by atoms with Gasteiger partial charge in [0, 0.05) is 11.6 Å². The summed E-state index contributed by atoms with van der Waals surface area (Å²) in [6.45, 7) is 5.00. The molecule has 0 spiro atoms. The molecule has 1 aliphatic carbocycles. The van der Waals surface area contributed by atoms with Gasteiger partial charge in [-0.05, 0) is 32.3 Å². The van der Waals surface area contributed by atoms with Gasteiger partial charge in [-0.2, -0.15) is 5.10 Å². The molecule has 13 heavy (non-hydrogen) atoms. The number of hydrogen-bond donors (Lipinski definition) is 1. The van der Waals surface area contributed by atoms with Crippen LogP contribution in [0.15, 0.2) is 0 Å². The highest BCUT2D eigenvalue weighted by atomic mass is 16.3. The molecule has 0 aliphatic heterocycles. The Balaban J connectivity index is 2.31. The molecule has 1 N–H and O–H groups in total. The summed E-state index contributed by atoms with van der Waals surface area (Å²) in [5.74, 6) is 0.707. The lowest BCUT2D eigenvalue weighted by atomic mass is 10.1. The maximum Gasteiger partial charge on any atom is 0.0687 e. The van der Waals surface area contributed by atoms with Crippen molar-refractivity contribution in [2.24, 2.45) is 0 Å². The zero-order valence-corrected chi connectivity index (χ0v) is 8.25. The lowest BCUT2D eigenvalue weighted by Gasteiger charge is -1.99. The fraction of sp³-hybridized carbons (Fsp3) is 0.700. The molecule has 0 radical (unpaired) electrons.